The number of imide groups is 1. The molecule has 0 aromatic heterocycles. The van der Waals surface area contributed by atoms with Gasteiger partial charge < -0.3 is 9.16 Å². The van der Waals surface area contributed by atoms with E-state index in [-0.39, 0.29) is 29.3 Å². The van der Waals surface area contributed by atoms with E-state index in [1.165, 1.54) is 4.90 Å². The number of nitrogens with zero attached hydrogens (tertiary/aromatic N) is 1. The Bertz CT molecular complexity index is 750. The lowest BCUT2D eigenvalue weighted by Gasteiger charge is -2.38. The van der Waals surface area contributed by atoms with Gasteiger partial charge in [-0.05, 0) is 56.6 Å². The molecule has 29 heavy (non-hydrogen) atoms. The highest BCUT2D eigenvalue weighted by Crippen LogP contribution is 2.40. The summed E-state index contributed by atoms with van der Waals surface area (Å²) in [5.74, 6) is -0.330. The average Bonchev–Trinajstić information content (AvgIpc) is 2.87. The summed E-state index contributed by atoms with van der Waals surface area (Å²) in [6, 6.07) is 7.54. The molecule has 7 heteroatoms. The van der Waals surface area contributed by atoms with Crippen molar-refractivity contribution >= 4 is 36.2 Å². The molecule has 162 valence electrons. The van der Waals surface area contributed by atoms with Crippen molar-refractivity contribution in [1.82, 2.24) is 4.90 Å². The van der Waals surface area contributed by atoms with Crippen LogP contribution in [0.2, 0.25) is 18.1 Å². The first-order chi connectivity index (χ1) is 13.1. The Morgan fingerprint density at radius 3 is 2.17 bits per heavy atom. The molecule has 0 radical (unpaired) electrons. The minimum atomic E-state index is -2.04. The zero-order valence-electron chi connectivity index (χ0n) is 18.8. The van der Waals surface area contributed by atoms with Gasteiger partial charge in [-0.15, -0.1) is 0 Å². The van der Waals surface area contributed by atoms with Crippen LogP contribution < -0.4 is 0 Å². The molecule has 2 atom stereocenters. The van der Waals surface area contributed by atoms with Crippen LogP contribution in [0.1, 0.15) is 59.4 Å². The molecule has 1 aliphatic rings. The van der Waals surface area contributed by atoms with Crippen molar-refractivity contribution in [3.63, 3.8) is 0 Å². The zero-order valence-corrected chi connectivity index (χ0v) is 21.4. The van der Waals surface area contributed by atoms with Crippen LogP contribution in [0, 0.1) is 0 Å². The third kappa shape index (κ3) is 5.92. The topological polar surface area (TPSA) is 55.8 Å². The van der Waals surface area contributed by atoms with Crippen LogP contribution >= 0.6 is 15.9 Å². The van der Waals surface area contributed by atoms with E-state index >= 15 is 0 Å². The van der Waals surface area contributed by atoms with Crippen LogP contribution in [0.4, 0.5) is 4.79 Å². The highest BCUT2D eigenvalue weighted by atomic mass is 79.9. The summed E-state index contributed by atoms with van der Waals surface area (Å²) in [7, 11) is -2.04. The number of carbonyl (C=O) groups excluding carboxylic acids is 2. The molecule has 2 rings (SSSR count). The number of benzene rings is 1. The van der Waals surface area contributed by atoms with Gasteiger partial charge in [0, 0.05) is 16.8 Å². The highest BCUT2D eigenvalue weighted by molar-refractivity contribution is 9.10. The number of hydrogen-bond donors (Lipinski definition) is 0. The average molecular weight is 485 g/mol. The molecular formula is C22H34BrNO4Si. The molecule has 1 aromatic carbocycles. The molecule has 0 spiro atoms. The van der Waals surface area contributed by atoms with Crippen LogP contribution in [-0.4, -0.2) is 43.5 Å². The van der Waals surface area contributed by atoms with Crippen molar-refractivity contribution in [2.45, 2.75) is 83.7 Å². The number of halogens is 1. The van der Waals surface area contributed by atoms with E-state index in [1.807, 2.05) is 24.3 Å². The van der Waals surface area contributed by atoms with E-state index in [0.717, 1.165) is 10.0 Å². The molecule has 1 saturated heterocycles. The Morgan fingerprint density at radius 2 is 1.69 bits per heavy atom. The molecule has 2 unspecified atom stereocenters. The van der Waals surface area contributed by atoms with Gasteiger partial charge in [0.15, 0.2) is 8.32 Å². The highest BCUT2D eigenvalue weighted by Gasteiger charge is 2.47. The predicted octanol–water partition coefficient (Wildman–Crippen LogP) is 6.09. The predicted molar refractivity (Wildman–Crippen MR) is 122 cm³/mol. The first-order valence-corrected chi connectivity index (χ1v) is 13.8. The first kappa shape index (κ1) is 24.1. The largest absolute Gasteiger partial charge is 0.443 e. The van der Waals surface area contributed by atoms with Gasteiger partial charge in [-0.25, -0.2) is 9.69 Å². The molecule has 1 fully saturated rings. The summed E-state index contributed by atoms with van der Waals surface area (Å²) >= 11 is 3.46. The van der Waals surface area contributed by atoms with Crippen LogP contribution in [0.25, 0.3) is 0 Å². The van der Waals surface area contributed by atoms with Crippen molar-refractivity contribution in [2.75, 3.05) is 6.61 Å². The van der Waals surface area contributed by atoms with E-state index in [0.29, 0.717) is 6.61 Å². The van der Waals surface area contributed by atoms with Gasteiger partial charge in [0.1, 0.15) is 5.60 Å². The van der Waals surface area contributed by atoms with E-state index in [2.05, 4.69) is 49.8 Å². The Balaban J connectivity index is 2.34. The maximum atomic E-state index is 12.9. The fraction of sp³-hybridized carbons (Fsp3) is 0.636. The molecule has 0 aliphatic carbocycles. The normalized spacial score (nSPS) is 20.9. The Morgan fingerprint density at radius 1 is 1.14 bits per heavy atom. The van der Waals surface area contributed by atoms with Crippen LogP contribution in [0.15, 0.2) is 28.7 Å². The minimum Gasteiger partial charge on any atom is -0.443 e. The lowest BCUT2D eigenvalue weighted by atomic mass is 9.92. The van der Waals surface area contributed by atoms with Crippen molar-refractivity contribution in [2.24, 2.45) is 0 Å². The van der Waals surface area contributed by atoms with Gasteiger partial charge in [0.05, 0.1) is 12.6 Å². The molecule has 0 bridgehead atoms. The molecule has 1 aromatic rings. The zero-order chi connectivity index (χ0) is 22.2. The number of hydrogen-bond acceptors (Lipinski definition) is 4. The second kappa shape index (κ2) is 8.51. The van der Waals surface area contributed by atoms with Gasteiger partial charge in [0.25, 0.3) is 0 Å². The molecule has 0 N–H and O–H groups in total. The lowest BCUT2D eigenvalue weighted by molar-refractivity contribution is -0.128. The van der Waals surface area contributed by atoms with Crippen molar-refractivity contribution < 1.29 is 18.8 Å². The van der Waals surface area contributed by atoms with E-state index in [1.54, 1.807) is 20.8 Å². The first-order valence-electron chi connectivity index (χ1n) is 10.1. The number of amides is 2. The van der Waals surface area contributed by atoms with Crippen molar-refractivity contribution in [3.8, 4) is 0 Å². The smallest absolute Gasteiger partial charge is 0.417 e. The Hall–Kier alpha value is -1.18. The summed E-state index contributed by atoms with van der Waals surface area (Å²) in [6.45, 7) is 16.6. The maximum absolute atomic E-state index is 12.9. The summed E-state index contributed by atoms with van der Waals surface area (Å²) < 4.78 is 13.0. The summed E-state index contributed by atoms with van der Waals surface area (Å²) in [4.78, 5) is 27.0. The minimum absolute atomic E-state index is 0.0411. The van der Waals surface area contributed by atoms with Crippen LogP contribution in [0.5, 0.6) is 0 Å². The number of ether oxygens (including phenoxy) is 1. The molecule has 1 aliphatic heterocycles. The second-order valence-corrected chi connectivity index (χ2v) is 16.0. The fourth-order valence-corrected chi connectivity index (χ4v) is 4.37. The number of likely N-dealkylation sites (tertiary alicyclic amines) is 1. The quantitative estimate of drug-likeness (QED) is 0.486. The second-order valence-electron chi connectivity index (χ2n) is 10.2. The number of rotatable bonds is 4. The van der Waals surface area contributed by atoms with E-state index in [4.69, 9.17) is 9.16 Å². The van der Waals surface area contributed by atoms with Crippen LogP contribution in [0.3, 0.4) is 0 Å². The SMILES string of the molecule is CC(C)(C)OC(=O)N1C(=O)CC(c2ccc(Br)cc2)C1CO[Si](C)(C)C(C)(C)C. The Labute approximate surface area is 184 Å². The summed E-state index contributed by atoms with van der Waals surface area (Å²) in [6.07, 6.45) is -0.321. The summed E-state index contributed by atoms with van der Waals surface area (Å²) in [5, 5.41) is 0.0411. The molecule has 1 heterocycles. The van der Waals surface area contributed by atoms with Crippen molar-refractivity contribution in [1.29, 1.82) is 0 Å². The third-order valence-corrected chi connectivity index (χ3v) is 10.8. The fourth-order valence-electron chi connectivity index (χ4n) is 3.09. The standard InChI is InChI=1S/C22H34BrNO4Si/c1-21(2,3)28-20(26)24-18(14-27-29(7,8)22(4,5)6)17(13-19(24)25)15-9-11-16(23)12-10-15/h9-12,17-18H,13-14H2,1-8H3. The summed E-state index contributed by atoms with van der Waals surface area (Å²) in [5.41, 5.74) is 0.356. The van der Waals surface area contributed by atoms with Gasteiger partial charge in [0.2, 0.25) is 5.91 Å². The molecule has 0 saturated carbocycles. The van der Waals surface area contributed by atoms with Crippen molar-refractivity contribution in [3.05, 3.63) is 34.3 Å². The van der Waals surface area contributed by atoms with Crippen LogP contribution in [-0.2, 0) is 14.0 Å². The number of carbonyl (C=O) groups is 2. The third-order valence-electron chi connectivity index (χ3n) is 5.77. The van der Waals surface area contributed by atoms with Gasteiger partial charge in [-0.1, -0.05) is 48.8 Å². The van der Waals surface area contributed by atoms with E-state index in [9.17, 15) is 9.59 Å². The van der Waals surface area contributed by atoms with Gasteiger partial charge in [-0.3, -0.25) is 4.79 Å². The molecule has 2 amide bonds. The maximum Gasteiger partial charge on any atom is 0.417 e. The monoisotopic (exact) mass is 483 g/mol. The lowest BCUT2D eigenvalue weighted by Crippen LogP contribution is -2.49. The Kier molecular flexibility index (Phi) is 7.07. The van der Waals surface area contributed by atoms with Gasteiger partial charge >= 0.3 is 6.09 Å². The van der Waals surface area contributed by atoms with Gasteiger partial charge in [-0.2, -0.15) is 0 Å². The van der Waals surface area contributed by atoms with E-state index < -0.39 is 20.0 Å². The molecular weight excluding hydrogens is 450 g/mol. The molecule has 5 nitrogen and oxygen atoms in total.